The summed E-state index contributed by atoms with van der Waals surface area (Å²) in [7, 11) is 2.01. The third-order valence-electron chi connectivity index (χ3n) is 3.53. The molecular formula is C16H27BrN2. The number of hydrogen-bond acceptors (Lipinski definition) is 2. The van der Waals surface area contributed by atoms with Gasteiger partial charge in [-0.15, -0.1) is 0 Å². The van der Waals surface area contributed by atoms with Crippen molar-refractivity contribution in [2.75, 3.05) is 26.7 Å². The number of benzene rings is 1. The van der Waals surface area contributed by atoms with Crippen molar-refractivity contribution in [1.82, 2.24) is 10.6 Å². The van der Waals surface area contributed by atoms with Crippen molar-refractivity contribution in [1.29, 1.82) is 0 Å². The molecule has 0 unspecified atom stereocenters. The second-order valence-corrected chi connectivity index (χ2v) is 6.75. The normalized spacial score (nSPS) is 11.8. The summed E-state index contributed by atoms with van der Waals surface area (Å²) in [6.07, 6.45) is 2.47. The lowest BCUT2D eigenvalue weighted by atomic mass is 9.82. The highest BCUT2D eigenvalue weighted by Crippen LogP contribution is 2.28. The fraction of sp³-hybridized carbons (Fsp3) is 0.625. The molecule has 0 atom stereocenters. The van der Waals surface area contributed by atoms with Gasteiger partial charge in [-0.3, -0.25) is 0 Å². The van der Waals surface area contributed by atoms with Crippen molar-refractivity contribution in [2.24, 2.45) is 0 Å². The van der Waals surface area contributed by atoms with Crippen molar-refractivity contribution in [3.63, 3.8) is 0 Å². The Morgan fingerprint density at radius 2 is 1.84 bits per heavy atom. The second kappa shape index (κ2) is 8.03. The Bertz CT molecular complexity index is 388. The Labute approximate surface area is 126 Å². The lowest BCUT2D eigenvalue weighted by Gasteiger charge is -2.28. The Morgan fingerprint density at radius 3 is 2.53 bits per heavy atom. The minimum absolute atomic E-state index is 0.164. The van der Waals surface area contributed by atoms with Crippen LogP contribution in [-0.2, 0) is 5.41 Å². The Kier molecular flexibility index (Phi) is 7.05. The lowest BCUT2D eigenvalue weighted by molar-refractivity contribution is 0.460. The lowest BCUT2D eigenvalue weighted by Crippen LogP contribution is -2.34. The van der Waals surface area contributed by atoms with Gasteiger partial charge in [0, 0.05) is 16.4 Å². The molecule has 0 amide bonds. The van der Waals surface area contributed by atoms with E-state index >= 15 is 0 Å². The van der Waals surface area contributed by atoms with E-state index < -0.39 is 0 Å². The van der Waals surface area contributed by atoms with E-state index in [-0.39, 0.29) is 5.41 Å². The van der Waals surface area contributed by atoms with Crippen LogP contribution in [-0.4, -0.2) is 26.7 Å². The van der Waals surface area contributed by atoms with Crippen molar-refractivity contribution in [3.8, 4) is 0 Å². The Hall–Kier alpha value is -0.380. The van der Waals surface area contributed by atoms with Gasteiger partial charge < -0.3 is 10.6 Å². The molecule has 2 nitrogen and oxygen atoms in total. The molecule has 1 aromatic carbocycles. The van der Waals surface area contributed by atoms with E-state index in [2.05, 4.69) is 65.5 Å². The van der Waals surface area contributed by atoms with E-state index in [1.54, 1.807) is 0 Å². The van der Waals surface area contributed by atoms with Crippen LogP contribution in [0.5, 0.6) is 0 Å². The fourth-order valence-electron chi connectivity index (χ4n) is 2.37. The summed E-state index contributed by atoms with van der Waals surface area (Å²) in [6.45, 7) is 10.0. The van der Waals surface area contributed by atoms with Crippen molar-refractivity contribution in [3.05, 3.63) is 33.8 Å². The molecular weight excluding hydrogens is 300 g/mol. The van der Waals surface area contributed by atoms with Gasteiger partial charge >= 0.3 is 0 Å². The molecule has 0 aliphatic heterocycles. The van der Waals surface area contributed by atoms with Gasteiger partial charge in [-0.1, -0.05) is 35.8 Å². The summed E-state index contributed by atoms with van der Waals surface area (Å²) >= 11 is 3.57. The van der Waals surface area contributed by atoms with Gasteiger partial charge in [-0.05, 0) is 63.2 Å². The first-order valence-electron chi connectivity index (χ1n) is 7.09. The molecule has 0 aliphatic carbocycles. The molecule has 0 spiro atoms. The van der Waals surface area contributed by atoms with E-state index in [4.69, 9.17) is 0 Å². The van der Waals surface area contributed by atoms with Crippen LogP contribution in [0.2, 0.25) is 0 Å². The van der Waals surface area contributed by atoms with Crippen LogP contribution in [0.1, 0.15) is 37.8 Å². The van der Waals surface area contributed by atoms with Gasteiger partial charge in [0.2, 0.25) is 0 Å². The maximum absolute atomic E-state index is 3.59. The molecule has 0 fully saturated rings. The molecule has 0 radical (unpaired) electrons. The van der Waals surface area contributed by atoms with Gasteiger partial charge in [-0.25, -0.2) is 0 Å². The summed E-state index contributed by atoms with van der Waals surface area (Å²) < 4.78 is 1.16. The third-order valence-corrected chi connectivity index (χ3v) is 4.02. The number of nitrogens with one attached hydrogen (secondary N) is 2. The van der Waals surface area contributed by atoms with E-state index in [1.165, 1.54) is 24.0 Å². The molecule has 3 heteroatoms. The average molecular weight is 327 g/mol. The first kappa shape index (κ1) is 16.7. The van der Waals surface area contributed by atoms with Crippen LogP contribution < -0.4 is 10.6 Å². The maximum atomic E-state index is 3.59. The van der Waals surface area contributed by atoms with E-state index in [1.807, 2.05) is 7.05 Å². The molecule has 0 aliphatic rings. The molecule has 0 saturated heterocycles. The standard InChI is InChI=1S/C16H27BrN2/c1-13-7-8-14(17)11-15(13)16(2,3)12-19-10-6-5-9-18-4/h7-8,11,18-19H,5-6,9-10,12H2,1-4H3. The minimum Gasteiger partial charge on any atom is -0.320 e. The Balaban J connectivity index is 2.48. The van der Waals surface area contributed by atoms with Crippen molar-refractivity contribution < 1.29 is 0 Å². The summed E-state index contributed by atoms with van der Waals surface area (Å²) in [5, 5.41) is 6.77. The zero-order chi connectivity index (χ0) is 14.3. The SMILES string of the molecule is CNCCCCNCC(C)(C)c1cc(Br)ccc1C. The molecule has 108 valence electrons. The predicted octanol–water partition coefficient (Wildman–Crippen LogP) is 3.62. The predicted molar refractivity (Wildman–Crippen MR) is 87.9 cm³/mol. The molecule has 2 N–H and O–H groups in total. The minimum atomic E-state index is 0.164. The topological polar surface area (TPSA) is 24.1 Å². The van der Waals surface area contributed by atoms with Crippen molar-refractivity contribution >= 4 is 15.9 Å². The average Bonchev–Trinajstić information content (AvgIpc) is 2.36. The molecule has 19 heavy (non-hydrogen) atoms. The largest absolute Gasteiger partial charge is 0.320 e. The molecule has 0 aromatic heterocycles. The Morgan fingerprint density at radius 1 is 1.16 bits per heavy atom. The highest BCUT2D eigenvalue weighted by molar-refractivity contribution is 9.10. The van der Waals surface area contributed by atoms with Crippen LogP contribution >= 0.6 is 15.9 Å². The number of rotatable bonds is 8. The van der Waals surface area contributed by atoms with E-state index in [0.29, 0.717) is 0 Å². The summed E-state index contributed by atoms with van der Waals surface area (Å²) in [5.74, 6) is 0. The first-order chi connectivity index (χ1) is 8.97. The van der Waals surface area contributed by atoms with Gasteiger partial charge in [0.25, 0.3) is 0 Å². The van der Waals surface area contributed by atoms with Gasteiger partial charge in [0.05, 0.1) is 0 Å². The van der Waals surface area contributed by atoms with E-state index in [9.17, 15) is 0 Å². The van der Waals surface area contributed by atoms with Crippen LogP contribution in [0, 0.1) is 6.92 Å². The fourth-order valence-corrected chi connectivity index (χ4v) is 2.73. The van der Waals surface area contributed by atoms with Gasteiger partial charge in [0.15, 0.2) is 0 Å². The molecule has 0 saturated carbocycles. The van der Waals surface area contributed by atoms with Crippen molar-refractivity contribution in [2.45, 2.75) is 39.0 Å². The molecule has 1 aromatic rings. The first-order valence-corrected chi connectivity index (χ1v) is 7.88. The molecule has 0 bridgehead atoms. The number of unbranched alkanes of at least 4 members (excludes halogenated alkanes) is 1. The van der Waals surface area contributed by atoms with Gasteiger partial charge in [0.1, 0.15) is 0 Å². The summed E-state index contributed by atoms with van der Waals surface area (Å²) in [4.78, 5) is 0. The quantitative estimate of drug-likeness (QED) is 0.713. The van der Waals surface area contributed by atoms with E-state index in [0.717, 1.165) is 24.1 Å². The van der Waals surface area contributed by atoms with Crippen LogP contribution in [0.4, 0.5) is 0 Å². The number of aryl methyl sites for hydroxylation is 1. The zero-order valence-corrected chi connectivity index (χ0v) is 14.2. The monoisotopic (exact) mass is 326 g/mol. The number of hydrogen-bond donors (Lipinski definition) is 2. The summed E-state index contributed by atoms with van der Waals surface area (Å²) in [6, 6.07) is 6.55. The highest BCUT2D eigenvalue weighted by Gasteiger charge is 2.22. The third kappa shape index (κ3) is 5.64. The molecule has 0 heterocycles. The maximum Gasteiger partial charge on any atom is 0.0178 e. The van der Waals surface area contributed by atoms with Crippen LogP contribution in [0.25, 0.3) is 0 Å². The van der Waals surface area contributed by atoms with Gasteiger partial charge in [-0.2, -0.15) is 0 Å². The smallest absolute Gasteiger partial charge is 0.0178 e. The second-order valence-electron chi connectivity index (χ2n) is 5.83. The van der Waals surface area contributed by atoms with Crippen LogP contribution in [0.3, 0.4) is 0 Å². The summed E-state index contributed by atoms with van der Waals surface area (Å²) in [5.41, 5.74) is 2.95. The number of halogens is 1. The molecule has 1 rings (SSSR count). The zero-order valence-electron chi connectivity index (χ0n) is 12.6. The highest BCUT2D eigenvalue weighted by atomic mass is 79.9. The van der Waals surface area contributed by atoms with Crippen LogP contribution in [0.15, 0.2) is 22.7 Å².